The Morgan fingerprint density at radius 3 is 2.58 bits per heavy atom. The van der Waals surface area contributed by atoms with Crippen LogP contribution in [0.25, 0.3) is 5.57 Å². The molecule has 0 aliphatic carbocycles. The van der Waals surface area contributed by atoms with Crippen molar-refractivity contribution >= 4 is 17.2 Å². The maximum absolute atomic E-state index is 5.22. The van der Waals surface area contributed by atoms with Gasteiger partial charge in [0.25, 0.3) is 0 Å². The first-order chi connectivity index (χ1) is 17.7. The summed E-state index contributed by atoms with van der Waals surface area (Å²) in [4.78, 5) is 18.6. The van der Waals surface area contributed by atoms with Gasteiger partial charge in [0.05, 0.1) is 12.3 Å². The fraction of sp³-hybridized carbons (Fsp3) is 0.414. The molecule has 2 aromatic heterocycles. The van der Waals surface area contributed by atoms with Crippen LogP contribution in [0.3, 0.4) is 0 Å². The molecule has 7 nitrogen and oxygen atoms in total. The van der Waals surface area contributed by atoms with Gasteiger partial charge < -0.3 is 19.9 Å². The lowest BCUT2D eigenvalue weighted by atomic mass is 9.89. The standard InChI is InChI=1S/C29H36N6O/c1-3-34-20-26(24-5-4-13-30-19-24)27(21-34)28-10-14-31-29(33-28)32-25-8-6-22(7-9-25)23-11-15-35(16-12-23)17-18-36-2/h4-10,13-14,19,21,23,26H,3,11-12,15-18,20H2,1-2H3,(H,31,32,33). The normalized spacial score (nSPS) is 18.9. The lowest BCUT2D eigenvalue weighted by molar-refractivity contribution is 0.130. The van der Waals surface area contributed by atoms with Gasteiger partial charge in [0.1, 0.15) is 0 Å². The van der Waals surface area contributed by atoms with Gasteiger partial charge in [-0.1, -0.05) is 18.2 Å². The van der Waals surface area contributed by atoms with Gasteiger partial charge in [0, 0.05) is 68.7 Å². The summed E-state index contributed by atoms with van der Waals surface area (Å²) < 4.78 is 5.22. The number of nitrogens with zero attached hydrogens (tertiary/aromatic N) is 5. The van der Waals surface area contributed by atoms with Gasteiger partial charge in [-0.2, -0.15) is 0 Å². The molecule has 7 heteroatoms. The van der Waals surface area contributed by atoms with Crippen molar-refractivity contribution in [3.63, 3.8) is 0 Å². The number of hydrogen-bond acceptors (Lipinski definition) is 7. The zero-order valence-corrected chi connectivity index (χ0v) is 21.3. The fourth-order valence-electron chi connectivity index (χ4n) is 5.26. The minimum Gasteiger partial charge on any atom is -0.383 e. The SMILES string of the molecule is CCN1C=C(c2ccnc(Nc3ccc(C4CCN(CCOC)CC4)cc3)n2)C(c2cccnc2)C1. The average molecular weight is 485 g/mol. The third-order valence-corrected chi connectivity index (χ3v) is 7.40. The number of nitrogens with one attached hydrogen (secondary N) is 1. The molecular formula is C29H36N6O. The van der Waals surface area contributed by atoms with Crippen molar-refractivity contribution in [1.82, 2.24) is 24.8 Å². The minimum atomic E-state index is 0.251. The predicted octanol–water partition coefficient (Wildman–Crippen LogP) is 4.90. The number of ether oxygens (including phenoxy) is 1. The van der Waals surface area contributed by atoms with E-state index in [4.69, 9.17) is 9.72 Å². The minimum absolute atomic E-state index is 0.251. The van der Waals surface area contributed by atoms with E-state index in [1.54, 1.807) is 7.11 Å². The van der Waals surface area contributed by atoms with Crippen molar-refractivity contribution in [3.05, 3.63) is 84.1 Å². The lowest BCUT2D eigenvalue weighted by Crippen LogP contribution is -2.35. The molecule has 36 heavy (non-hydrogen) atoms. The maximum atomic E-state index is 5.22. The molecule has 0 saturated carbocycles. The molecule has 2 aliphatic heterocycles. The molecule has 2 aliphatic rings. The highest BCUT2D eigenvalue weighted by Crippen LogP contribution is 2.37. The summed E-state index contributed by atoms with van der Waals surface area (Å²) in [5.74, 6) is 1.49. The highest BCUT2D eigenvalue weighted by Gasteiger charge is 2.27. The predicted molar refractivity (Wildman–Crippen MR) is 144 cm³/mol. The lowest BCUT2D eigenvalue weighted by Gasteiger charge is -2.32. The Morgan fingerprint density at radius 2 is 1.86 bits per heavy atom. The third-order valence-electron chi connectivity index (χ3n) is 7.40. The molecule has 0 amide bonds. The van der Waals surface area contributed by atoms with Crippen molar-refractivity contribution in [1.29, 1.82) is 0 Å². The van der Waals surface area contributed by atoms with Crippen molar-refractivity contribution in [2.45, 2.75) is 31.6 Å². The molecule has 1 saturated heterocycles. The van der Waals surface area contributed by atoms with Gasteiger partial charge in [-0.05, 0) is 74.2 Å². The monoisotopic (exact) mass is 484 g/mol. The molecule has 188 valence electrons. The number of likely N-dealkylation sites (tertiary alicyclic amines) is 1. The molecule has 3 aromatic rings. The highest BCUT2D eigenvalue weighted by atomic mass is 16.5. The van der Waals surface area contributed by atoms with E-state index < -0.39 is 0 Å². The Balaban J connectivity index is 1.25. The molecule has 1 fully saturated rings. The molecule has 1 aromatic carbocycles. The number of piperidine rings is 1. The van der Waals surface area contributed by atoms with Crippen LogP contribution in [-0.2, 0) is 4.74 Å². The number of likely N-dealkylation sites (N-methyl/N-ethyl adjacent to an activating group) is 1. The van der Waals surface area contributed by atoms with Gasteiger partial charge in [-0.3, -0.25) is 4.98 Å². The maximum Gasteiger partial charge on any atom is 0.227 e. The van der Waals surface area contributed by atoms with Gasteiger partial charge in [0.2, 0.25) is 5.95 Å². The third kappa shape index (κ3) is 5.74. The van der Waals surface area contributed by atoms with E-state index in [0.29, 0.717) is 11.9 Å². The average Bonchev–Trinajstić information content (AvgIpc) is 3.38. The summed E-state index contributed by atoms with van der Waals surface area (Å²) in [7, 11) is 1.77. The molecule has 1 unspecified atom stereocenters. The number of rotatable bonds is 9. The Hall–Kier alpha value is -3.29. The van der Waals surface area contributed by atoms with Crippen molar-refractivity contribution in [2.75, 3.05) is 51.8 Å². The number of hydrogen-bond donors (Lipinski definition) is 1. The smallest absolute Gasteiger partial charge is 0.227 e. The largest absolute Gasteiger partial charge is 0.383 e. The highest BCUT2D eigenvalue weighted by molar-refractivity contribution is 5.72. The van der Waals surface area contributed by atoms with Crippen molar-refractivity contribution in [2.24, 2.45) is 0 Å². The van der Waals surface area contributed by atoms with E-state index in [0.717, 1.165) is 50.7 Å². The Labute approximate surface area is 214 Å². The number of aromatic nitrogens is 3. The number of benzene rings is 1. The van der Waals surface area contributed by atoms with Gasteiger partial charge >= 0.3 is 0 Å². The van der Waals surface area contributed by atoms with Crippen LogP contribution in [0.4, 0.5) is 11.6 Å². The van der Waals surface area contributed by atoms with Crippen LogP contribution >= 0.6 is 0 Å². The van der Waals surface area contributed by atoms with Crippen LogP contribution in [0.2, 0.25) is 0 Å². The fourth-order valence-corrected chi connectivity index (χ4v) is 5.26. The van der Waals surface area contributed by atoms with Crippen LogP contribution < -0.4 is 5.32 Å². The van der Waals surface area contributed by atoms with Crippen LogP contribution in [0.15, 0.2) is 67.3 Å². The van der Waals surface area contributed by atoms with Crippen LogP contribution in [0, 0.1) is 0 Å². The summed E-state index contributed by atoms with van der Waals surface area (Å²) in [6.07, 6.45) is 10.3. The van der Waals surface area contributed by atoms with E-state index in [1.807, 2.05) is 30.7 Å². The van der Waals surface area contributed by atoms with Crippen LogP contribution in [-0.4, -0.2) is 71.2 Å². The molecule has 4 heterocycles. The Morgan fingerprint density at radius 1 is 1.03 bits per heavy atom. The van der Waals surface area contributed by atoms with Gasteiger partial charge in [0.15, 0.2) is 0 Å². The van der Waals surface area contributed by atoms with E-state index >= 15 is 0 Å². The first-order valence-corrected chi connectivity index (χ1v) is 13.0. The molecule has 5 rings (SSSR count). The van der Waals surface area contributed by atoms with Gasteiger partial charge in [-0.15, -0.1) is 0 Å². The molecule has 0 bridgehead atoms. The van der Waals surface area contributed by atoms with E-state index in [-0.39, 0.29) is 5.92 Å². The Kier molecular flexibility index (Phi) is 7.88. The first-order valence-electron chi connectivity index (χ1n) is 13.0. The second-order valence-electron chi connectivity index (χ2n) is 9.63. The zero-order chi connectivity index (χ0) is 24.7. The first kappa shape index (κ1) is 24.4. The quantitative estimate of drug-likeness (QED) is 0.463. The van der Waals surface area contributed by atoms with Crippen molar-refractivity contribution < 1.29 is 4.74 Å². The van der Waals surface area contributed by atoms with E-state index in [1.165, 1.54) is 29.5 Å². The number of anilines is 2. The van der Waals surface area contributed by atoms with Crippen molar-refractivity contribution in [3.8, 4) is 0 Å². The molecule has 1 atom stereocenters. The van der Waals surface area contributed by atoms with Gasteiger partial charge in [-0.25, -0.2) is 9.97 Å². The van der Waals surface area contributed by atoms with Crippen LogP contribution in [0.1, 0.15) is 48.4 Å². The summed E-state index contributed by atoms with van der Waals surface area (Å²) in [5.41, 5.74) is 5.80. The summed E-state index contributed by atoms with van der Waals surface area (Å²) in [5, 5.41) is 3.41. The zero-order valence-electron chi connectivity index (χ0n) is 21.3. The topological polar surface area (TPSA) is 66.4 Å². The summed E-state index contributed by atoms with van der Waals surface area (Å²) >= 11 is 0. The number of pyridine rings is 1. The second kappa shape index (κ2) is 11.6. The molecular weight excluding hydrogens is 448 g/mol. The van der Waals surface area contributed by atoms with Crippen LogP contribution in [0.5, 0.6) is 0 Å². The molecule has 0 radical (unpaired) electrons. The molecule has 1 N–H and O–H groups in total. The Bertz CT molecular complexity index is 1140. The van der Waals surface area contributed by atoms with E-state index in [9.17, 15) is 0 Å². The second-order valence-corrected chi connectivity index (χ2v) is 9.63. The van der Waals surface area contributed by atoms with E-state index in [2.05, 4.69) is 68.5 Å². The summed E-state index contributed by atoms with van der Waals surface area (Å²) in [6.45, 7) is 8.21. The molecule has 0 spiro atoms. The summed E-state index contributed by atoms with van der Waals surface area (Å²) in [6, 6.07) is 14.9. The number of methoxy groups -OCH3 is 1.